The van der Waals surface area contributed by atoms with Crippen LogP contribution in [0.1, 0.15) is 11.1 Å². The molecule has 0 atom stereocenters. The Morgan fingerprint density at radius 3 is 2.81 bits per heavy atom. The van der Waals surface area contributed by atoms with Crippen LogP contribution in [0.2, 0.25) is 0 Å². The van der Waals surface area contributed by atoms with Gasteiger partial charge in [0.15, 0.2) is 0 Å². The average Bonchev–Trinajstić information content (AvgIpc) is 2.92. The molecular weight excluding hydrogens is 378 g/mol. The molecule has 0 spiro atoms. The summed E-state index contributed by atoms with van der Waals surface area (Å²) in [5, 5.41) is 4.39. The summed E-state index contributed by atoms with van der Waals surface area (Å²) in [4.78, 5) is 0. The maximum absolute atomic E-state index is 13.3. The highest BCUT2D eigenvalue weighted by atomic mass is 127. The van der Waals surface area contributed by atoms with E-state index in [1.54, 1.807) is 12.1 Å². The van der Waals surface area contributed by atoms with Gasteiger partial charge >= 0.3 is 0 Å². The minimum Gasteiger partial charge on any atom is -0.268 e. The highest BCUT2D eigenvalue weighted by molar-refractivity contribution is 14.1. The molecule has 0 amide bonds. The van der Waals surface area contributed by atoms with Crippen LogP contribution in [0.25, 0.3) is 11.1 Å². The second-order valence-electron chi connectivity index (χ2n) is 4.98. The fourth-order valence-corrected chi connectivity index (χ4v) is 2.97. The van der Waals surface area contributed by atoms with Crippen molar-refractivity contribution in [1.82, 2.24) is 9.78 Å². The lowest BCUT2D eigenvalue weighted by atomic mass is 10.1. The van der Waals surface area contributed by atoms with E-state index in [9.17, 15) is 4.39 Å². The molecule has 0 aliphatic carbocycles. The van der Waals surface area contributed by atoms with Gasteiger partial charge in [0.25, 0.3) is 0 Å². The molecule has 106 valence electrons. The first kappa shape index (κ1) is 14.3. The molecule has 0 bridgehead atoms. The minimum atomic E-state index is -0.208. The van der Waals surface area contributed by atoms with E-state index in [1.807, 2.05) is 36.1 Å². The molecule has 0 unspecified atom stereocenters. The zero-order valence-corrected chi connectivity index (χ0v) is 13.7. The Kier molecular flexibility index (Phi) is 4.05. The van der Waals surface area contributed by atoms with Crippen LogP contribution >= 0.6 is 22.6 Å². The van der Waals surface area contributed by atoms with Gasteiger partial charge in [-0.2, -0.15) is 5.10 Å². The minimum absolute atomic E-state index is 0.208. The van der Waals surface area contributed by atoms with E-state index in [1.165, 1.54) is 15.2 Å². The van der Waals surface area contributed by atoms with Crippen molar-refractivity contribution in [1.29, 1.82) is 0 Å². The topological polar surface area (TPSA) is 17.8 Å². The molecular formula is C17H14FIN2. The highest BCUT2D eigenvalue weighted by Gasteiger charge is 2.07. The summed E-state index contributed by atoms with van der Waals surface area (Å²) >= 11 is 2.32. The zero-order chi connectivity index (χ0) is 14.8. The second kappa shape index (κ2) is 5.97. The van der Waals surface area contributed by atoms with Crippen LogP contribution in [0, 0.1) is 16.3 Å². The molecule has 1 aromatic heterocycles. The van der Waals surface area contributed by atoms with Crippen molar-refractivity contribution in [3.05, 3.63) is 75.4 Å². The van der Waals surface area contributed by atoms with Gasteiger partial charge in [0.1, 0.15) is 5.82 Å². The number of benzene rings is 2. The Morgan fingerprint density at radius 1 is 1.19 bits per heavy atom. The van der Waals surface area contributed by atoms with Gasteiger partial charge in [-0.15, -0.1) is 0 Å². The number of aromatic nitrogens is 2. The zero-order valence-electron chi connectivity index (χ0n) is 11.6. The molecule has 1 heterocycles. The fraction of sp³-hybridized carbons (Fsp3) is 0.118. The van der Waals surface area contributed by atoms with E-state index in [0.29, 0.717) is 6.54 Å². The molecule has 0 saturated heterocycles. The van der Waals surface area contributed by atoms with E-state index in [2.05, 4.69) is 39.8 Å². The molecule has 0 fully saturated rings. The van der Waals surface area contributed by atoms with Gasteiger partial charge in [-0.3, -0.25) is 4.68 Å². The number of aryl methyl sites for hydroxylation is 1. The molecule has 0 aliphatic rings. The fourth-order valence-electron chi connectivity index (χ4n) is 2.27. The van der Waals surface area contributed by atoms with Crippen LogP contribution in [-0.4, -0.2) is 9.78 Å². The molecule has 3 aromatic rings. The van der Waals surface area contributed by atoms with Crippen molar-refractivity contribution in [2.75, 3.05) is 0 Å². The van der Waals surface area contributed by atoms with Crippen molar-refractivity contribution in [2.45, 2.75) is 13.5 Å². The Balaban J connectivity index is 1.89. The second-order valence-corrected chi connectivity index (χ2v) is 6.14. The van der Waals surface area contributed by atoms with Crippen LogP contribution in [-0.2, 0) is 6.54 Å². The predicted octanol–water partition coefficient (Wildman–Crippen LogP) is 4.65. The molecule has 2 aromatic carbocycles. The van der Waals surface area contributed by atoms with E-state index in [-0.39, 0.29) is 5.82 Å². The predicted molar refractivity (Wildman–Crippen MR) is 90.6 cm³/mol. The molecule has 0 radical (unpaired) electrons. The average molecular weight is 392 g/mol. The molecule has 0 saturated carbocycles. The van der Waals surface area contributed by atoms with Crippen LogP contribution in [0.3, 0.4) is 0 Å². The number of nitrogens with zero attached hydrogens (tertiary/aromatic N) is 2. The number of hydrogen-bond acceptors (Lipinski definition) is 1. The van der Waals surface area contributed by atoms with Gasteiger partial charge < -0.3 is 0 Å². The molecule has 0 N–H and O–H groups in total. The maximum atomic E-state index is 13.3. The van der Waals surface area contributed by atoms with E-state index in [4.69, 9.17) is 0 Å². The van der Waals surface area contributed by atoms with Crippen LogP contribution in [0.4, 0.5) is 4.39 Å². The third-order valence-electron chi connectivity index (χ3n) is 3.46. The quantitative estimate of drug-likeness (QED) is 0.594. The standard InChI is InChI=1S/C17H14FIN2/c1-12-6-7-15(18)8-13(12)10-21-11-14(9-20-21)16-4-2-3-5-17(16)19/h2-9,11H,10H2,1H3. The lowest BCUT2D eigenvalue weighted by molar-refractivity contribution is 0.618. The van der Waals surface area contributed by atoms with E-state index < -0.39 is 0 Å². The first-order chi connectivity index (χ1) is 10.1. The first-order valence-electron chi connectivity index (χ1n) is 6.66. The Labute approximate surface area is 136 Å². The summed E-state index contributed by atoms with van der Waals surface area (Å²) in [5.41, 5.74) is 4.27. The number of rotatable bonds is 3. The lowest BCUT2D eigenvalue weighted by Gasteiger charge is -2.06. The van der Waals surface area contributed by atoms with Crippen molar-refractivity contribution < 1.29 is 4.39 Å². The molecule has 3 rings (SSSR count). The summed E-state index contributed by atoms with van der Waals surface area (Å²) in [7, 11) is 0. The SMILES string of the molecule is Cc1ccc(F)cc1Cn1cc(-c2ccccc2I)cn1. The maximum Gasteiger partial charge on any atom is 0.123 e. The summed E-state index contributed by atoms with van der Waals surface area (Å²) in [6, 6.07) is 13.1. The summed E-state index contributed by atoms with van der Waals surface area (Å²) in [6.45, 7) is 2.56. The van der Waals surface area contributed by atoms with Gasteiger partial charge in [0, 0.05) is 15.3 Å². The first-order valence-corrected chi connectivity index (χ1v) is 7.74. The highest BCUT2D eigenvalue weighted by Crippen LogP contribution is 2.24. The largest absolute Gasteiger partial charge is 0.268 e. The normalized spacial score (nSPS) is 10.8. The van der Waals surface area contributed by atoms with Crippen LogP contribution < -0.4 is 0 Å². The summed E-state index contributed by atoms with van der Waals surface area (Å²) in [6.07, 6.45) is 3.86. The van der Waals surface area contributed by atoms with Gasteiger partial charge in [-0.1, -0.05) is 24.3 Å². The smallest absolute Gasteiger partial charge is 0.123 e. The van der Waals surface area contributed by atoms with E-state index in [0.717, 1.165) is 16.7 Å². The van der Waals surface area contributed by atoms with Crippen molar-refractivity contribution >= 4 is 22.6 Å². The van der Waals surface area contributed by atoms with Crippen LogP contribution in [0.5, 0.6) is 0 Å². The van der Waals surface area contributed by atoms with Gasteiger partial charge in [-0.05, 0) is 64.4 Å². The van der Waals surface area contributed by atoms with Gasteiger partial charge in [-0.25, -0.2) is 4.39 Å². The van der Waals surface area contributed by atoms with Crippen molar-refractivity contribution in [2.24, 2.45) is 0 Å². The monoisotopic (exact) mass is 392 g/mol. The number of halogens is 2. The third-order valence-corrected chi connectivity index (χ3v) is 4.40. The third kappa shape index (κ3) is 3.15. The lowest BCUT2D eigenvalue weighted by Crippen LogP contribution is -2.02. The molecule has 4 heteroatoms. The van der Waals surface area contributed by atoms with Crippen LogP contribution in [0.15, 0.2) is 54.9 Å². The van der Waals surface area contributed by atoms with Gasteiger partial charge in [0.2, 0.25) is 0 Å². The Bertz CT molecular complexity index is 780. The molecule has 2 nitrogen and oxygen atoms in total. The van der Waals surface area contributed by atoms with Gasteiger partial charge in [0.05, 0.1) is 12.7 Å². The van der Waals surface area contributed by atoms with Crippen molar-refractivity contribution in [3.63, 3.8) is 0 Å². The summed E-state index contributed by atoms with van der Waals surface area (Å²) in [5.74, 6) is -0.208. The molecule has 0 aliphatic heterocycles. The Hall–Kier alpha value is -1.69. The van der Waals surface area contributed by atoms with E-state index >= 15 is 0 Å². The Morgan fingerprint density at radius 2 is 2.00 bits per heavy atom. The van der Waals surface area contributed by atoms with Crippen molar-refractivity contribution in [3.8, 4) is 11.1 Å². The number of hydrogen-bond donors (Lipinski definition) is 0. The summed E-state index contributed by atoms with van der Waals surface area (Å²) < 4.78 is 16.4. The molecule has 21 heavy (non-hydrogen) atoms.